The van der Waals surface area contributed by atoms with Crippen LogP contribution < -0.4 is 9.44 Å². The molecule has 17 nitrogen and oxygen atoms in total. The van der Waals surface area contributed by atoms with Gasteiger partial charge in [0.25, 0.3) is 5.91 Å². The minimum Gasteiger partial charge on any atom is -0.345 e. The first kappa shape index (κ1) is 62.9. The summed E-state index contributed by atoms with van der Waals surface area (Å²) in [5.74, 6) is -6.03. The Balaban J connectivity index is 0.000000195. The number of carbonyl (C=O) groups excluding carboxylic acids is 3. The van der Waals surface area contributed by atoms with Gasteiger partial charge in [0.05, 0.1) is 54.2 Å². The van der Waals surface area contributed by atoms with Crippen molar-refractivity contribution in [3.8, 4) is 22.3 Å². The zero-order valence-corrected chi connectivity index (χ0v) is 47.8. The number of nitrogens with zero attached hydrogens (tertiary/aromatic N) is 7. The molecule has 2 unspecified atom stereocenters. The van der Waals surface area contributed by atoms with Gasteiger partial charge in [-0.25, -0.2) is 73.1 Å². The number of aromatic amines is 1. The molecule has 3 aromatic carbocycles. The number of alkyl halides is 2. The van der Waals surface area contributed by atoms with Gasteiger partial charge in [0, 0.05) is 100 Å². The third kappa shape index (κ3) is 12.4. The Labute approximate surface area is 510 Å². The maximum Gasteiger partial charge on any atom is 0.266 e. The van der Waals surface area contributed by atoms with Gasteiger partial charge in [-0.1, -0.05) is 44.1 Å². The second-order valence-corrected chi connectivity index (χ2v) is 26.3. The number of halogens is 8. The third-order valence-corrected chi connectivity index (χ3v) is 19.9. The summed E-state index contributed by atoms with van der Waals surface area (Å²) in [6.07, 6.45) is 13.3. The van der Waals surface area contributed by atoms with Crippen LogP contribution in [0.4, 0.5) is 37.7 Å². The molecule has 3 N–H and O–H groups in total. The lowest BCUT2D eigenvalue weighted by Crippen LogP contribution is -2.26. The second kappa shape index (κ2) is 24.8. The molecule has 0 spiro atoms. The average molecular weight is 1290 g/mol. The van der Waals surface area contributed by atoms with Gasteiger partial charge in [-0.2, -0.15) is 0 Å². The molecule has 458 valence electrons. The van der Waals surface area contributed by atoms with Gasteiger partial charge in [0.15, 0.2) is 11.6 Å². The Kier molecular flexibility index (Phi) is 17.7. The molecule has 6 heterocycles. The van der Waals surface area contributed by atoms with Gasteiger partial charge in [-0.15, -0.1) is 0 Å². The van der Waals surface area contributed by atoms with Crippen molar-refractivity contribution in [2.45, 2.75) is 114 Å². The second-order valence-electron chi connectivity index (χ2n) is 21.5. The number of benzene rings is 3. The van der Waals surface area contributed by atoms with E-state index in [1.165, 1.54) is 30.6 Å². The fourth-order valence-electron chi connectivity index (χ4n) is 10.6. The van der Waals surface area contributed by atoms with E-state index in [9.17, 15) is 44.4 Å². The fourth-order valence-corrected chi connectivity index (χ4v) is 14.3. The largest absolute Gasteiger partial charge is 0.345 e. The van der Waals surface area contributed by atoms with Crippen LogP contribution >= 0.6 is 23.2 Å². The number of rotatable bonds is 15. The quantitative estimate of drug-likeness (QED) is 0.0640. The van der Waals surface area contributed by atoms with Crippen LogP contribution in [-0.4, -0.2) is 96.6 Å². The van der Waals surface area contributed by atoms with Crippen molar-refractivity contribution in [2.24, 2.45) is 0 Å². The van der Waals surface area contributed by atoms with Crippen molar-refractivity contribution in [3.63, 3.8) is 0 Å². The van der Waals surface area contributed by atoms with Crippen molar-refractivity contribution >= 4 is 94.2 Å². The summed E-state index contributed by atoms with van der Waals surface area (Å²) >= 11 is 12.6. The molecule has 27 heteroatoms. The van der Waals surface area contributed by atoms with Crippen LogP contribution in [0.5, 0.6) is 0 Å². The molecule has 0 amide bonds. The number of hydrogen-bond acceptors (Lipinski definition) is 13. The molecule has 0 radical (unpaired) electrons. The number of hydrogen-bond donors (Lipinski definition) is 3. The van der Waals surface area contributed by atoms with Crippen LogP contribution in [0, 0.1) is 23.3 Å². The maximum atomic E-state index is 15.9. The van der Waals surface area contributed by atoms with Crippen LogP contribution in [0.3, 0.4) is 0 Å². The fraction of sp³-hybridized carbons (Fsp3) is 0.295. The lowest BCUT2D eigenvalue weighted by molar-refractivity contribution is 0.0963. The molecule has 4 atom stereocenters. The van der Waals surface area contributed by atoms with Gasteiger partial charge >= 0.3 is 0 Å². The Hall–Kier alpha value is -8.13. The van der Waals surface area contributed by atoms with Gasteiger partial charge in [0.2, 0.25) is 31.6 Å². The predicted octanol–water partition coefficient (Wildman–Crippen LogP) is 13.8. The summed E-state index contributed by atoms with van der Waals surface area (Å²) < 4.78 is 145. The smallest absolute Gasteiger partial charge is 0.266 e. The standard InChI is InChI=1S/C33H24Cl2F3N5O4S.C26H22F3N5O3S.2CH4/c34-23-2-1-3-24(35)27(23)33(45)43-15-22(21-10-17(12-41-32(21)43)18-13-39-31(40-14-18)16-4-5-16)30(44)28-25(37)8-9-26(29(28)38)42-48(46,47)20-7-6-19(36)11-20;27-16-3-4-17(8-16)38(36,37)34-21-6-5-20(28)22(23(21)29)24(35)19-12-33-26-18(19)7-14(9-32-26)15-10-30-25(31-11-15)13-1-2-13;;/h1-3,8-10,12-16,19-20,42H,4-7,11H2;5-7,9-13,16-17,34H,1-4,8H2,(H,32,33);2*1H4/t19-,20?;16-,17?;;/m11../s1. The normalized spacial score (nSPS) is 18.3. The number of sulfonamides is 2. The highest BCUT2D eigenvalue weighted by Gasteiger charge is 2.38. The molecule has 13 rings (SSSR count). The highest BCUT2D eigenvalue weighted by atomic mass is 35.5. The monoisotopic (exact) mass is 1290 g/mol. The average Bonchev–Trinajstić information content (AvgIpc) is 2.80. The first-order valence-electron chi connectivity index (χ1n) is 27.1. The van der Waals surface area contributed by atoms with E-state index in [0.717, 1.165) is 66.5 Å². The molecule has 6 aromatic heterocycles. The van der Waals surface area contributed by atoms with Crippen LogP contribution in [0.1, 0.15) is 145 Å². The number of aromatic nitrogens is 8. The van der Waals surface area contributed by atoms with Crippen molar-refractivity contribution in [2.75, 3.05) is 9.44 Å². The van der Waals surface area contributed by atoms with Gasteiger partial charge in [0.1, 0.15) is 46.9 Å². The summed E-state index contributed by atoms with van der Waals surface area (Å²) in [5.41, 5.74) is -1.16. The third-order valence-electron chi connectivity index (χ3n) is 15.6. The molecular weight excluding hydrogens is 1230 g/mol. The van der Waals surface area contributed by atoms with Crippen molar-refractivity contribution in [1.82, 2.24) is 39.5 Å². The van der Waals surface area contributed by atoms with E-state index < -0.39 is 106 Å². The summed E-state index contributed by atoms with van der Waals surface area (Å²) in [4.78, 5) is 70.4. The molecule has 4 fully saturated rings. The molecule has 9 aromatic rings. The van der Waals surface area contributed by atoms with Crippen molar-refractivity contribution in [3.05, 3.63) is 177 Å². The van der Waals surface area contributed by atoms with E-state index in [1.807, 2.05) is 0 Å². The number of H-pyrrole nitrogens is 1. The van der Waals surface area contributed by atoms with E-state index in [2.05, 4.69) is 44.3 Å². The van der Waals surface area contributed by atoms with Crippen molar-refractivity contribution < 1.29 is 57.6 Å². The van der Waals surface area contributed by atoms with Crippen LogP contribution in [0.15, 0.2) is 104 Å². The summed E-state index contributed by atoms with van der Waals surface area (Å²) in [5, 5.41) is -1.76. The van der Waals surface area contributed by atoms with E-state index in [0.29, 0.717) is 50.9 Å². The number of ketones is 2. The number of pyridine rings is 2. The lowest BCUT2D eigenvalue weighted by atomic mass is 10.0. The Bertz CT molecular complexity index is 4460. The molecule has 4 aliphatic carbocycles. The van der Waals surface area contributed by atoms with E-state index in [4.69, 9.17) is 23.2 Å². The molecule has 0 aliphatic heterocycles. The Morgan fingerprint density at radius 3 is 1.44 bits per heavy atom. The van der Waals surface area contributed by atoms with E-state index in [-0.39, 0.29) is 91.1 Å². The summed E-state index contributed by atoms with van der Waals surface area (Å²) in [6, 6.07) is 10.9. The minimum atomic E-state index is -4.27. The van der Waals surface area contributed by atoms with Gasteiger partial charge in [-0.05, 0) is 113 Å². The molecule has 0 saturated heterocycles. The predicted molar refractivity (Wildman–Crippen MR) is 321 cm³/mol. The topological polar surface area (TPSA) is 242 Å². The molecule has 88 heavy (non-hydrogen) atoms. The first-order valence-corrected chi connectivity index (χ1v) is 31.0. The van der Waals surface area contributed by atoms with Crippen LogP contribution in [-0.2, 0) is 20.0 Å². The first-order chi connectivity index (χ1) is 41.1. The molecular formula is C61H54Cl2F6N10O7S2. The molecule has 4 aliphatic rings. The number of carbonyl (C=O) groups is 3. The van der Waals surface area contributed by atoms with Crippen molar-refractivity contribution in [1.29, 1.82) is 0 Å². The molecule has 0 bridgehead atoms. The van der Waals surface area contributed by atoms with E-state index in [1.54, 1.807) is 43.1 Å². The zero-order valence-electron chi connectivity index (χ0n) is 44.7. The Morgan fingerprint density at radius 2 is 0.989 bits per heavy atom. The summed E-state index contributed by atoms with van der Waals surface area (Å²) in [6.45, 7) is 0. The highest BCUT2D eigenvalue weighted by Crippen LogP contribution is 2.41. The SMILES string of the molecule is C.C.O=C(c1c(F)ccc(NS(=O)(=O)C2CC[C@@H](F)C2)c1F)c1c[nH]c2ncc(-c3cnc(C4CC4)nc3)cc12.O=C(c1c(F)ccc(NS(=O)(=O)C2CC[C@@H](F)C2)c1F)c1cn(C(=O)c2c(Cl)cccc2Cl)c2ncc(-c3cnc(C4CC4)nc3)cc12. The zero-order chi connectivity index (χ0) is 60.5. The van der Waals surface area contributed by atoms with E-state index >= 15 is 13.2 Å². The van der Waals surface area contributed by atoms with Gasteiger partial charge in [-0.3, -0.25) is 28.4 Å². The van der Waals surface area contributed by atoms with Crippen LogP contribution in [0.25, 0.3) is 44.3 Å². The maximum absolute atomic E-state index is 15.9. The Morgan fingerprint density at radius 1 is 0.545 bits per heavy atom. The number of nitrogens with one attached hydrogen (secondary N) is 3. The number of anilines is 2. The lowest BCUT2D eigenvalue weighted by Gasteiger charge is -2.15. The van der Waals surface area contributed by atoms with Gasteiger partial charge < -0.3 is 4.98 Å². The number of fused-ring (bicyclic) bond motifs is 2. The highest BCUT2D eigenvalue weighted by molar-refractivity contribution is 7.93. The molecule has 4 saturated carbocycles. The van der Waals surface area contributed by atoms with Crippen LogP contribution in [0.2, 0.25) is 10.0 Å². The minimum absolute atomic E-state index is 0. The summed E-state index contributed by atoms with van der Waals surface area (Å²) in [7, 11) is -8.41.